The van der Waals surface area contributed by atoms with Gasteiger partial charge >= 0.3 is 0 Å². The van der Waals surface area contributed by atoms with Gasteiger partial charge < -0.3 is 15.4 Å². The number of rotatable bonds is 13. The number of ketones is 1. The van der Waals surface area contributed by atoms with Gasteiger partial charge in [-0.2, -0.15) is 0 Å². The first kappa shape index (κ1) is 33.8. The minimum atomic E-state index is 0.103. The number of nitrogens with one attached hydrogen (secondary N) is 2. The molecule has 0 aromatic heterocycles. The normalized spacial score (nSPS) is 24.9. The minimum absolute atomic E-state index is 0.103. The van der Waals surface area contributed by atoms with Gasteiger partial charge in [-0.05, 0) is 127 Å². The lowest BCUT2D eigenvalue weighted by atomic mass is 9.75. The molecule has 2 aromatic rings. The van der Waals surface area contributed by atoms with E-state index in [0.29, 0.717) is 46.2 Å². The molecule has 2 N–H and O–H groups in total. The first-order valence-corrected chi connectivity index (χ1v) is 17.9. The zero-order valence-corrected chi connectivity index (χ0v) is 29.1. The van der Waals surface area contributed by atoms with Crippen LogP contribution in [0.2, 0.25) is 10.0 Å². The van der Waals surface area contributed by atoms with E-state index in [2.05, 4.69) is 57.4 Å². The number of hydrogen-bond acceptors (Lipinski definition) is 4. The quantitative estimate of drug-likeness (QED) is 0.229. The molecule has 1 aliphatic heterocycles. The Bertz CT molecular complexity index is 1220. The molecule has 3 fully saturated rings. The summed E-state index contributed by atoms with van der Waals surface area (Å²) >= 11 is 12.7. The monoisotopic (exact) mass is 640 g/mol. The summed E-state index contributed by atoms with van der Waals surface area (Å²) < 4.78 is 6.05. The fourth-order valence-electron chi connectivity index (χ4n) is 8.65. The standard InChI is InChI=1S/C38H54Cl2N2O2/c1-6-30(26-11-8-7-9-12-26)36(43)32-20-31(32)27(23-41-28-21-37(2,3)42-38(4,5)22-28)19-25-15-17-29(18-16-25)44-24-33-34(39)13-10-14-35(33)40/h10,13-18,26-28,30-32,41-42H,6-9,11-12,19-24H2,1-5H3/t27-,30?,31?,32?/m1/s1. The third-order valence-electron chi connectivity index (χ3n) is 10.6. The number of ether oxygens (including phenoxy) is 1. The van der Waals surface area contributed by atoms with Crippen molar-refractivity contribution in [3.05, 3.63) is 63.6 Å². The lowest BCUT2D eigenvalue weighted by Crippen LogP contribution is -2.62. The van der Waals surface area contributed by atoms with E-state index in [-0.39, 0.29) is 22.9 Å². The number of piperidine rings is 1. The highest BCUT2D eigenvalue weighted by Crippen LogP contribution is 2.49. The zero-order chi connectivity index (χ0) is 31.5. The molecular weight excluding hydrogens is 587 g/mol. The second kappa shape index (κ2) is 14.4. The molecule has 4 atom stereocenters. The smallest absolute Gasteiger partial charge is 0.139 e. The Morgan fingerprint density at radius 1 is 0.977 bits per heavy atom. The van der Waals surface area contributed by atoms with Gasteiger partial charge in [0.25, 0.3) is 0 Å². The van der Waals surface area contributed by atoms with E-state index in [1.54, 1.807) is 0 Å². The van der Waals surface area contributed by atoms with Crippen LogP contribution in [0.5, 0.6) is 5.75 Å². The third-order valence-corrected chi connectivity index (χ3v) is 11.3. The van der Waals surface area contributed by atoms with Crippen LogP contribution < -0.4 is 15.4 Å². The van der Waals surface area contributed by atoms with Crippen molar-refractivity contribution < 1.29 is 9.53 Å². The summed E-state index contributed by atoms with van der Waals surface area (Å²) in [6.45, 7) is 12.8. The molecule has 2 aliphatic carbocycles. The van der Waals surface area contributed by atoms with E-state index in [9.17, 15) is 4.79 Å². The molecule has 0 radical (unpaired) electrons. The van der Waals surface area contributed by atoms with E-state index in [1.807, 2.05) is 30.3 Å². The molecule has 0 amide bonds. The number of carbonyl (C=O) groups excluding carboxylic acids is 1. The van der Waals surface area contributed by atoms with Crippen molar-refractivity contribution in [3.8, 4) is 5.75 Å². The molecule has 4 nitrogen and oxygen atoms in total. The summed E-state index contributed by atoms with van der Waals surface area (Å²) in [5.74, 6) is 3.37. The van der Waals surface area contributed by atoms with Gasteiger partial charge in [-0.3, -0.25) is 4.79 Å². The van der Waals surface area contributed by atoms with Crippen LogP contribution in [0.25, 0.3) is 0 Å². The average molecular weight is 642 g/mol. The van der Waals surface area contributed by atoms with Crippen molar-refractivity contribution in [1.29, 1.82) is 0 Å². The summed E-state index contributed by atoms with van der Waals surface area (Å²) in [6.07, 6.45) is 11.6. The van der Waals surface area contributed by atoms with Crippen molar-refractivity contribution in [2.24, 2.45) is 29.6 Å². The molecule has 2 aromatic carbocycles. The largest absolute Gasteiger partial charge is 0.489 e. The second-order valence-electron chi connectivity index (χ2n) is 15.3. The SMILES string of the molecule is CCC(C(=O)C1CC1[C@@H](CNC1CC(C)(C)NC(C)(C)C1)Cc1ccc(OCc2c(Cl)cccc2Cl)cc1)C1CCCCC1. The van der Waals surface area contributed by atoms with Crippen LogP contribution in [0.1, 0.15) is 104 Å². The van der Waals surface area contributed by atoms with Crippen molar-refractivity contribution in [2.45, 2.75) is 123 Å². The molecule has 44 heavy (non-hydrogen) atoms. The van der Waals surface area contributed by atoms with Gasteiger partial charge in [0.15, 0.2) is 0 Å². The Labute approximate surface area is 276 Å². The molecule has 1 saturated heterocycles. The summed E-state index contributed by atoms with van der Waals surface area (Å²) in [7, 11) is 0. The Kier molecular flexibility index (Phi) is 11.1. The molecule has 1 heterocycles. The summed E-state index contributed by atoms with van der Waals surface area (Å²) in [4.78, 5) is 13.9. The first-order valence-electron chi connectivity index (χ1n) is 17.2. The Balaban J connectivity index is 1.25. The van der Waals surface area contributed by atoms with Crippen LogP contribution in [-0.4, -0.2) is 29.4 Å². The fourth-order valence-corrected chi connectivity index (χ4v) is 9.16. The summed E-state index contributed by atoms with van der Waals surface area (Å²) in [6, 6.07) is 14.5. The van der Waals surface area contributed by atoms with Crippen LogP contribution >= 0.6 is 23.2 Å². The van der Waals surface area contributed by atoms with Crippen LogP contribution in [-0.2, 0) is 17.8 Å². The molecule has 0 bridgehead atoms. The van der Waals surface area contributed by atoms with E-state index < -0.39 is 0 Å². The average Bonchev–Trinajstić information content (AvgIpc) is 3.76. The first-order chi connectivity index (χ1) is 20.9. The molecule has 242 valence electrons. The van der Waals surface area contributed by atoms with Gasteiger partial charge in [-0.1, -0.05) is 67.6 Å². The van der Waals surface area contributed by atoms with Crippen molar-refractivity contribution in [3.63, 3.8) is 0 Å². The summed E-state index contributed by atoms with van der Waals surface area (Å²) in [5, 5.41) is 9.05. The number of halogens is 2. The topological polar surface area (TPSA) is 50.4 Å². The predicted molar refractivity (Wildman–Crippen MR) is 184 cm³/mol. The molecule has 2 saturated carbocycles. The van der Waals surface area contributed by atoms with Gasteiger partial charge in [0.1, 0.15) is 18.1 Å². The predicted octanol–water partition coefficient (Wildman–Crippen LogP) is 9.44. The van der Waals surface area contributed by atoms with Crippen LogP contribution in [0, 0.1) is 29.6 Å². The van der Waals surface area contributed by atoms with Crippen molar-refractivity contribution >= 4 is 29.0 Å². The van der Waals surface area contributed by atoms with E-state index in [0.717, 1.165) is 50.0 Å². The molecule has 5 rings (SSSR count). The maximum absolute atomic E-state index is 13.9. The van der Waals surface area contributed by atoms with Gasteiger partial charge in [0.2, 0.25) is 0 Å². The maximum atomic E-state index is 13.9. The van der Waals surface area contributed by atoms with Gasteiger partial charge in [-0.25, -0.2) is 0 Å². The van der Waals surface area contributed by atoms with Crippen LogP contribution in [0.4, 0.5) is 0 Å². The molecule has 3 aliphatic rings. The third kappa shape index (κ3) is 8.81. The lowest BCUT2D eigenvalue weighted by Gasteiger charge is -2.47. The second-order valence-corrected chi connectivity index (χ2v) is 16.1. The Morgan fingerprint density at radius 3 is 2.23 bits per heavy atom. The highest BCUT2D eigenvalue weighted by Gasteiger charge is 2.50. The molecular formula is C38H54Cl2N2O2. The highest BCUT2D eigenvalue weighted by molar-refractivity contribution is 6.35. The fraction of sp³-hybridized carbons (Fsp3) is 0.658. The van der Waals surface area contributed by atoms with E-state index in [4.69, 9.17) is 27.9 Å². The molecule has 3 unspecified atom stereocenters. The zero-order valence-electron chi connectivity index (χ0n) is 27.6. The Morgan fingerprint density at radius 2 is 1.61 bits per heavy atom. The highest BCUT2D eigenvalue weighted by atomic mass is 35.5. The van der Waals surface area contributed by atoms with Gasteiger partial charge in [0, 0.05) is 44.6 Å². The van der Waals surface area contributed by atoms with Crippen LogP contribution in [0.15, 0.2) is 42.5 Å². The van der Waals surface area contributed by atoms with Gasteiger partial charge in [-0.15, -0.1) is 0 Å². The van der Waals surface area contributed by atoms with Crippen LogP contribution in [0.3, 0.4) is 0 Å². The number of carbonyl (C=O) groups is 1. The van der Waals surface area contributed by atoms with Crippen molar-refractivity contribution in [1.82, 2.24) is 10.6 Å². The molecule has 0 spiro atoms. The molecule has 6 heteroatoms. The Hall–Kier alpha value is -1.59. The maximum Gasteiger partial charge on any atom is 0.139 e. The van der Waals surface area contributed by atoms with Crippen molar-refractivity contribution in [2.75, 3.05) is 6.54 Å². The number of benzene rings is 2. The van der Waals surface area contributed by atoms with E-state index in [1.165, 1.54) is 37.7 Å². The number of Topliss-reactive ketones (excluding diaryl/α,β-unsaturated/α-hetero) is 1. The lowest BCUT2D eigenvalue weighted by molar-refractivity contribution is -0.126. The summed E-state index contributed by atoms with van der Waals surface area (Å²) in [5.41, 5.74) is 2.30. The number of hydrogen-bond donors (Lipinski definition) is 2. The van der Waals surface area contributed by atoms with Gasteiger partial charge in [0.05, 0.1) is 0 Å². The minimum Gasteiger partial charge on any atom is -0.489 e. The van der Waals surface area contributed by atoms with E-state index >= 15 is 0 Å².